The van der Waals surface area contributed by atoms with Crippen LogP contribution in [0.4, 0.5) is 9.18 Å². The van der Waals surface area contributed by atoms with Crippen molar-refractivity contribution in [2.24, 2.45) is 0 Å². The minimum absolute atomic E-state index is 0.0497. The number of carbonyl (C=O) groups is 2. The van der Waals surface area contributed by atoms with Crippen molar-refractivity contribution in [2.45, 2.75) is 24.8 Å². The number of hydrogen-bond acceptors (Lipinski definition) is 6. The van der Waals surface area contributed by atoms with E-state index in [0.717, 1.165) is 24.3 Å². The maximum Gasteiger partial charge on any atom is 0.338 e. The summed E-state index contributed by atoms with van der Waals surface area (Å²) in [7, 11) is -4.01. The van der Waals surface area contributed by atoms with Gasteiger partial charge in [-0.25, -0.2) is 22.4 Å². The highest BCUT2D eigenvalue weighted by Crippen LogP contribution is 2.34. The molecule has 1 atom stereocenters. The quantitative estimate of drug-likeness (QED) is 0.461. The van der Waals surface area contributed by atoms with E-state index >= 15 is 0 Å². The van der Waals surface area contributed by atoms with Gasteiger partial charge in [-0.2, -0.15) is 0 Å². The zero-order valence-electron chi connectivity index (χ0n) is 17.6. The number of rotatable bonds is 8. The third kappa shape index (κ3) is 5.08. The van der Waals surface area contributed by atoms with Crippen LogP contribution >= 0.6 is 0 Å². The van der Waals surface area contributed by atoms with Crippen LogP contribution in [-0.2, 0) is 19.4 Å². The topological polar surface area (TPSA) is 111 Å². The predicted octanol–water partition coefficient (Wildman–Crippen LogP) is 2.87. The first-order valence-electron chi connectivity index (χ1n) is 9.94. The van der Waals surface area contributed by atoms with E-state index in [2.05, 4.69) is 10.6 Å². The van der Waals surface area contributed by atoms with Gasteiger partial charge in [-0.15, -0.1) is 0 Å². The second-order valence-corrected chi connectivity index (χ2v) is 8.82. The molecule has 0 saturated heterocycles. The third-order valence-electron chi connectivity index (χ3n) is 4.69. The molecule has 0 fully saturated rings. The number of sulfone groups is 1. The largest absolute Gasteiger partial charge is 0.494 e. The second-order valence-electron chi connectivity index (χ2n) is 6.83. The molecule has 0 radical (unpaired) electrons. The van der Waals surface area contributed by atoms with Gasteiger partial charge in [0.05, 0.1) is 35.5 Å². The number of benzene rings is 2. The van der Waals surface area contributed by atoms with Crippen LogP contribution in [0.2, 0.25) is 0 Å². The molecule has 0 aliphatic carbocycles. The fraction of sp³-hybridized carbons (Fsp3) is 0.273. The maximum atomic E-state index is 13.2. The van der Waals surface area contributed by atoms with Crippen molar-refractivity contribution in [1.29, 1.82) is 0 Å². The highest BCUT2D eigenvalue weighted by molar-refractivity contribution is 7.91. The van der Waals surface area contributed by atoms with Gasteiger partial charge in [0.1, 0.15) is 11.6 Å². The smallest absolute Gasteiger partial charge is 0.338 e. The van der Waals surface area contributed by atoms with Gasteiger partial charge in [0.2, 0.25) is 0 Å². The predicted molar refractivity (Wildman–Crippen MR) is 114 cm³/mol. The Hall–Kier alpha value is -3.40. The van der Waals surface area contributed by atoms with Crippen LogP contribution in [0, 0.1) is 5.82 Å². The lowest BCUT2D eigenvalue weighted by molar-refractivity contribution is -0.139. The molecule has 0 saturated carbocycles. The Balaban J connectivity index is 2.12. The van der Waals surface area contributed by atoms with Crippen molar-refractivity contribution in [1.82, 2.24) is 10.6 Å². The molecule has 0 spiro atoms. The van der Waals surface area contributed by atoms with Gasteiger partial charge in [-0.3, -0.25) is 0 Å². The number of urea groups is 1. The molecule has 2 aromatic rings. The van der Waals surface area contributed by atoms with E-state index in [-0.39, 0.29) is 22.8 Å². The monoisotopic (exact) mass is 462 g/mol. The molecule has 2 amide bonds. The summed E-state index contributed by atoms with van der Waals surface area (Å²) in [4.78, 5) is 25.2. The molecule has 8 nitrogen and oxygen atoms in total. The summed E-state index contributed by atoms with van der Waals surface area (Å²) in [6, 6.07) is 9.43. The Labute approximate surface area is 185 Å². The van der Waals surface area contributed by atoms with E-state index in [0.29, 0.717) is 17.9 Å². The van der Waals surface area contributed by atoms with Crippen LogP contribution in [0.1, 0.15) is 25.5 Å². The second kappa shape index (κ2) is 9.82. The third-order valence-corrected chi connectivity index (χ3v) is 6.35. The molecule has 2 aromatic carbocycles. The van der Waals surface area contributed by atoms with Gasteiger partial charge in [0.25, 0.3) is 0 Å². The molecule has 170 valence electrons. The summed E-state index contributed by atoms with van der Waals surface area (Å²) in [5.74, 6) is -1.61. The number of carbonyl (C=O) groups excluding carboxylic acids is 2. The Morgan fingerprint density at radius 1 is 1.06 bits per heavy atom. The first-order valence-corrected chi connectivity index (χ1v) is 11.6. The molecule has 1 heterocycles. The molecule has 1 unspecified atom stereocenters. The highest BCUT2D eigenvalue weighted by atomic mass is 32.2. The summed E-state index contributed by atoms with van der Waals surface area (Å²) in [5, 5.41) is 5.08. The number of hydrogen-bond donors (Lipinski definition) is 2. The molecule has 32 heavy (non-hydrogen) atoms. The van der Waals surface area contributed by atoms with Crippen LogP contribution in [-0.4, -0.2) is 39.4 Å². The SMILES string of the molecule is CCOC(=O)C1=C(CS(=O)(=O)c2ccc(F)cc2)NC(=O)NC1c1ccccc1OCC. The lowest BCUT2D eigenvalue weighted by atomic mass is 9.95. The van der Waals surface area contributed by atoms with Gasteiger partial charge in [-0.05, 0) is 44.2 Å². The van der Waals surface area contributed by atoms with Crippen molar-refractivity contribution in [3.8, 4) is 5.75 Å². The standard InChI is InChI=1S/C22H23FN2O6S/c1-3-30-18-8-6-5-7-16(18)20-19(21(26)31-4-2)17(24-22(27)25-20)13-32(28,29)15-11-9-14(23)10-12-15/h5-12,20H,3-4,13H2,1-2H3,(H2,24,25,27). The number of ether oxygens (including phenoxy) is 2. The number of amides is 2. The number of halogens is 1. The average Bonchev–Trinajstić information content (AvgIpc) is 2.74. The van der Waals surface area contributed by atoms with E-state index in [1.165, 1.54) is 0 Å². The number of para-hydroxylation sites is 1. The Morgan fingerprint density at radius 3 is 2.41 bits per heavy atom. The van der Waals surface area contributed by atoms with E-state index in [1.807, 2.05) is 0 Å². The minimum atomic E-state index is -4.01. The van der Waals surface area contributed by atoms with Crippen LogP contribution in [0.25, 0.3) is 0 Å². The number of nitrogens with one attached hydrogen (secondary N) is 2. The Morgan fingerprint density at radius 2 is 1.75 bits per heavy atom. The van der Waals surface area contributed by atoms with Gasteiger partial charge >= 0.3 is 12.0 Å². The molecule has 2 N–H and O–H groups in total. The van der Waals surface area contributed by atoms with Crippen molar-refractivity contribution in [3.05, 3.63) is 71.2 Å². The Bertz CT molecular complexity index is 1150. The van der Waals surface area contributed by atoms with E-state index in [4.69, 9.17) is 9.47 Å². The first-order chi connectivity index (χ1) is 15.3. The highest BCUT2D eigenvalue weighted by Gasteiger charge is 2.37. The first kappa shape index (κ1) is 23.3. The number of esters is 1. The molecule has 3 rings (SSSR count). The fourth-order valence-electron chi connectivity index (χ4n) is 3.34. The summed E-state index contributed by atoms with van der Waals surface area (Å²) in [6.45, 7) is 3.81. The molecule has 0 bridgehead atoms. The van der Waals surface area contributed by atoms with Crippen LogP contribution in [0.5, 0.6) is 5.75 Å². The molecule has 1 aliphatic heterocycles. The van der Waals surface area contributed by atoms with E-state index in [1.54, 1.807) is 38.1 Å². The average molecular weight is 462 g/mol. The lowest BCUT2D eigenvalue weighted by Crippen LogP contribution is -2.47. The summed E-state index contributed by atoms with van der Waals surface area (Å²) >= 11 is 0. The minimum Gasteiger partial charge on any atom is -0.494 e. The van der Waals surface area contributed by atoms with Gasteiger partial charge in [0.15, 0.2) is 9.84 Å². The van der Waals surface area contributed by atoms with Crippen LogP contribution < -0.4 is 15.4 Å². The van der Waals surface area contributed by atoms with E-state index < -0.39 is 39.4 Å². The van der Waals surface area contributed by atoms with Gasteiger partial charge in [-0.1, -0.05) is 18.2 Å². The molecular weight excluding hydrogens is 439 g/mol. The molecule has 1 aliphatic rings. The van der Waals surface area contributed by atoms with Crippen LogP contribution in [0.3, 0.4) is 0 Å². The summed E-state index contributed by atoms with van der Waals surface area (Å²) < 4.78 is 49.9. The van der Waals surface area contributed by atoms with Crippen molar-refractivity contribution in [2.75, 3.05) is 19.0 Å². The molecule has 10 heteroatoms. The summed E-state index contributed by atoms with van der Waals surface area (Å²) in [5.41, 5.74) is 0.307. The zero-order valence-corrected chi connectivity index (χ0v) is 18.4. The fourth-order valence-corrected chi connectivity index (χ4v) is 4.66. The van der Waals surface area contributed by atoms with Crippen molar-refractivity contribution in [3.63, 3.8) is 0 Å². The Kier molecular flexibility index (Phi) is 7.14. The normalized spacial score (nSPS) is 16.2. The van der Waals surface area contributed by atoms with Gasteiger partial charge in [0, 0.05) is 11.3 Å². The lowest BCUT2D eigenvalue weighted by Gasteiger charge is -2.30. The maximum absolute atomic E-state index is 13.2. The van der Waals surface area contributed by atoms with E-state index in [9.17, 15) is 22.4 Å². The summed E-state index contributed by atoms with van der Waals surface area (Å²) in [6.07, 6.45) is 0. The zero-order chi connectivity index (χ0) is 23.3. The molecule has 0 aromatic heterocycles. The van der Waals surface area contributed by atoms with Crippen molar-refractivity contribution >= 4 is 21.8 Å². The van der Waals surface area contributed by atoms with Gasteiger partial charge < -0.3 is 20.1 Å². The van der Waals surface area contributed by atoms with Crippen LogP contribution in [0.15, 0.2) is 64.7 Å². The molecular formula is C22H23FN2O6S. The van der Waals surface area contributed by atoms with Crippen molar-refractivity contribution < 1.29 is 31.9 Å².